The molecule has 1 fully saturated rings. The molecule has 7 heteroatoms. The maximum absolute atomic E-state index is 13.1. The summed E-state index contributed by atoms with van der Waals surface area (Å²) in [5.74, 6) is -0.292. The Bertz CT molecular complexity index is 1010. The van der Waals surface area contributed by atoms with Crippen molar-refractivity contribution in [1.29, 1.82) is 0 Å². The van der Waals surface area contributed by atoms with Crippen LogP contribution in [0.2, 0.25) is 0 Å². The van der Waals surface area contributed by atoms with Crippen LogP contribution in [0.15, 0.2) is 47.4 Å². The molecule has 1 amide bonds. The normalized spacial score (nSPS) is 20.1. The van der Waals surface area contributed by atoms with Crippen LogP contribution in [0.25, 0.3) is 0 Å². The zero-order valence-electron chi connectivity index (χ0n) is 16.6. The maximum Gasteiger partial charge on any atom is 0.243 e. The third-order valence-electron chi connectivity index (χ3n) is 5.76. The second-order valence-corrected chi connectivity index (χ2v) is 9.56. The zero-order chi connectivity index (χ0) is 20.4. The maximum atomic E-state index is 13.1. The van der Waals surface area contributed by atoms with Crippen LogP contribution < -0.4 is 5.32 Å². The van der Waals surface area contributed by atoms with E-state index in [1.165, 1.54) is 9.87 Å². The van der Waals surface area contributed by atoms with E-state index in [1.807, 2.05) is 25.1 Å². The Morgan fingerprint density at radius 1 is 1.14 bits per heavy atom. The van der Waals surface area contributed by atoms with Crippen LogP contribution in [-0.4, -0.2) is 44.9 Å². The van der Waals surface area contributed by atoms with E-state index in [0.717, 1.165) is 30.4 Å². The summed E-state index contributed by atoms with van der Waals surface area (Å²) in [7, 11) is -3.61. The molecule has 1 N–H and O–H groups in total. The average molecular weight is 415 g/mol. The van der Waals surface area contributed by atoms with Gasteiger partial charge in [-0.3, -0.25) is 4.79 Å². The molecule has 29 heavy (non-hydrogen) atoms. The average Bonchev–Trinajstić information content (AvgIpc) is 2.75. The van der Waals surface area contributed by atoms with Gasteiger partial charge in [-0.15, -0.1) is 0 Å². The number of nitrogens with zero attached hydrogens (tertiary/aromatic N) is 1. The van der Waals surface area contributed by atoms with Crippen LogP contribution in [0.1, 0.15) is 35.4 Å². The van der Waals surface area contributed by atoms with Crippen molar-refractivity contribution in [1.82, 2.24) is 4.31 Å². The molecule has 0 bridgehead atoms. The highest BCUT2D eigenvalue weighted by atomic mass is 32.2. The lowest BCUT2D eigenvalue weighted by atomic mass is 9.82. The number of morpholine rings is 1. The Kier molecular flexibility index (Phi) is 5.72. The molecule has 154 valence electrons. The van der Waals surface area contributed by atoms with Crippen molar-refractivity contribution < 1.29 is 17.9 Å². The van der Waals surface area contributed by atoms with Gasteiger partial charge in [-0.05, 0) is 55.0 Å². The summed E-state index contributed by atoms with van der Waals surface area (Å²) in [6.45, 7) is 3.36. The summed E-state index contributed by atoms with van der Waals surface area (Å²) < 4.78 is 32.6. The molecule has 1 aliphatic heterocycles. The van der Waals surface area contributed by atoms with E-state index in [2.05, 4.69) is 11.4 Å². The molecule has 0 saturated carbocycles. The number of ether oxygens (including phenoxy) is 1. The van der Waals surface area contributed by atoms with Gasteiger partial charge in [0.2, 0.25) is 15.9 Å². The second-order valence-electron chi connectivity index (χ2n) is 7.63. The molecule has 2 aromatic rings. The second kappa shape index (κ2) is 8.26. The van der Waals surface area contributed by atoms with E-state index in [9.17, 15) is 13.2 Å². The number of carbonyl (C=O) groups is 1. The van der Waals surface area contributed by atoms with Gasteiger partial charge in [-0.25, -0.2) is 8.42 Å². The molecular weight excluding hydrogens is 388 g/mol. The number of hydrogen-bond donors (Lipinski definition) is 1. The lowest BCUT2D eigenvalue weighted by Gasteiger charge is -2.27. The lowest BCUT2D eigenvalue weighted by Crippen LogP contribution is -2.40. The number of rotatable bonds is 4. The van der Waals surface area contributed by atoms with Crippen LogP contribution in [-0.2, 0) is 26.0 Å². The molecule has 2 aromatic carbocycles. The Hall–Kier alpha value is -2.22. The van der Waals surface area contributed by atoms with E-state index in [-0.39, 0.29) is 16.7 Å². The van der Waals surface area contributed by atoms with Crippen LogP contribution >= 0.6 is 0 Å². The third-order valence-corrected chi connectivity index (χ3v) is 7.66. The minimum atomic E-state index is -3.61. The molecule has 0 spiro atoms. The number of hydrogen-bond acceptors (Lipinski definition) is 4. The van der Waals surface area contributed by atoms with E-state index >= 15 is 0 Å². The fourth-order valence-electron chi connectivity index (χ4n) is 4.08. The van der Waals surface area contributed by atoms with E-state index < -0.39 is 10.0 Å². The van der Waals surface area contributed by atoms with Gasteiger partial charge in [0.1, 0.15) is 0 Å². The third kappa shape index (κ3) is 4.08. The zero-order valence-corrected chi connectivity index (χ0v) is 17.4. The highest BCUT2D eigenvalue weighted by molar-refractivity contribution is 7.89. The van der Waals surface area contributed by atoms with Gasteiger partial charge in [0.25, 0.3) is 0 Å². The van der Waals surface area contributed by atoms with Crippen molar-refractivity contribution in [2.45, 2.75) is 37.0 Å². The standard InChI is InChI=1S/C22H26N2O4S/c1-16-9-10-18(29(26,27)24-11-13-28-14-12-24)15-21(16)23-22(25)20-8-4-6-17-5-2-3-7-19(17)20/h2-3,5,7,9-10,15,20H,4,6,8,11-14H2,1H3,(H,23,25). The van der Waals surface area contributed by atoms with Crippen molar-refractivity contribution in [2.75, 3.05) is 31.6 Å². The van der Waals surface area contributed by atoms with Crippen LogP contribution in [0.5, 0.6) is 0 Å². The SMILES string of the molecule is Cc1ccc(S(=O)(=O)N2CCOCC2)cc1NC(=O)C1CCCc2ccccc21. The van der Waals surface area contributed by atoms with Gasteiger partial charge in [0.15, 0.2) is 0 Å². The highest BCUT2D eigenvalue weighted by Crippen LogP contribution is 2.33. The first-order valence-corrected chi connectivity index (χ1v) is 11.5. The molecule has 4 rings (SSSR count). The topological polar surface area (TPSA) is 75.7 Å². The molecule has 1 saturated heterocycles. The molecule has 6 nitrogen and oxygen atoms in total. The molecule has 1 aliphatic carbocycles. The Labute approximate surface area is 171 Å². The minimum absolute atomic E-state index is 0.0822. The van der Waals surface area contributed by atoms with Crippen molar-refractivity contribution in [2.24, 2.45) is 0 Å². The molecule has 0 radical (unpaired) electrons. The van der Waals surface area contributed by atoms with Crippen LogP contribution in [0, 0.1) is 6.92 Å². The van der Waals surface area contributed by atoms with Crippen LogP contribution in [0.3, 0.4) is 0 Å². The largest absolute Gasteiger partial charge is 0.379 e. The summed E-state index contributed by atoms with van der Waals surface area (Å²) >= 11 is 0. The van der Waals surface area contributed by atoms with Gasteiger partial charge >= 0.3 is 0 Å². The van der Waals surface area contributed by atoms with Crippen LogP contribution in [0.4, 0.5) is 5.69 Å². The first kappa shape index (κ1) is 20.1. The first-order valence-electron chi connectivity index (χ1n) is 10.0. The molecule has 2 aliphatic rings. The van der Waals surface area contributed by atoms with Gasteiger partial charge in [0, 0.05) is 18.8 Å². The molecule has 0 aromatic heterocycles. The number of nitrogens with one attached hydrogen (secondary N) is 1. The van der Waals surface area contributed by atoms with E-state index in [0.29, 0.717) is 32.0 Å². The number of anilines is 1. The monoisotopic (exact) mass is 414 g/mol. The number of aryl methyl sites for hydroxylation is 2. The van der Waals surface area contributed by atoms with Crippen molar-refractivity contribution >= 4 is 21.6 Å². The fraction of sp³-hybridized carbons (Fsp3) is 0.409. The fourth-order valence-corrected chi connectivity index (χ4v) is 5.51. The summed E-state index contributed by atoms with van der Waals surface area (Å²) in [5.41, 5.74) is 3.68. The number of amides is 1. The summed E-state index contributed by atoms with van der Waals surface area (Å²) in [6.07, 6.45) is 2.76. The Balaban J connectivity index is 1.58. The van der Waals surface area contributed by atoms with E-state index in [4.69, 9.17) is 4.74 Å². The molecule has 1 heterocycles. The highest BCUT2D eigenvalue weighted by Gasteiger charge is 2.29. The number of carbonyl (C=O) groups excluding carboxylic acids is 1. The predicted molar refractivity (Wildman–Crippen MR) is 112 cm³/mol. The predicted octanol–water partition coefficient (Wildman–Crippen LogP) is 3.07. The van der Waals surface area contributed by atoms with Crippen molar-refractivity contribution in [3.8, 4) is 0 Å². The van der Waals surface area contributed by atoms with Crippen molar-refractivity contribution in [3.05, 3.63) is 59.2 Å². The summed E-state index contributed by atoms with van der Waals surface area (Å²) in [4.78, 5) is 13.3. The number of fused-ring (bicyclic) bond motifs is 1. The smallest absolute Gasteiger partial charge is 0.243 e. The van der Waals surface area contributed by atoms with Gasteiger partial charge in [-0.2, -0.15) is 4.31 Å². The van der Waals surface area contributed by atoms with Gasteiger partial charge < -0.3 is 10.1 Å². The Morgan fingerprint density at radius 2 is 1.90 bits per heavy atom. The molecule has 1 atom stereocenters. The summed E-state index contributed by atoms with van der Waals surface area (Å²) in [5, 5.41) is 2.99. The first-order chi connectivity index (χ1) is 14.0. The molecular formula is C22H26N2O4S. The van der Waals surface area contributed by atoms with Gasteiger partial charge in [-0.1, -0.05) is 30.3 Å². The Morgan fingerprint density at radius 3 is 2.69 bits per heavy atom. The quantitative estimate of drug-likeness (QED) is 0.834. The molecule has 1 unspecified atom stereocenters. The number of sulfonamides is 1. The van der Waals surface area contributed by atoms with E-state index in [1.54, 1.807) is 18.2 Å². The van der Waals surface area contributed by atoms with Gasteiger partial charge in [0.05, 0.1) is 24.0 Å². The lowest BCUT2D eigenvalue weighted by molar-refractivity contribution is -0.117. The number of benzene rings is 2. The summed E-state index contributed by atoms with van der Waals surface area (Å²) in [6, 6.07) is 13.0. The minimum Gasteiger partial charge on any atom is -0.379 e. The van der Waals surface area contributed by atoms with Crippen molar-refractivity contribution in [3.63, 3.8) is 0 Å².